The van der Waals surface area contributed by atoms with Crippen LogP contribution in [0.3, 0.4) is 0 Å². The van der Waals surface area contributed by atoms with E-state index in [1.165, 1.54) is 0 Å². The van der Waals surface area contributed by atoms with Crippen molar-refractivity contribution in [2.75, 3.05) is 13.2 Å². The van der Waals surface area contributed by atoms with E-state index in [1.54, 1.807) is 12.1 Å². The highest BCUT2D eigenvalue weighted by Gasteiger charge is 2.10. The molecule has 3 rings (SSSR count). The van der Waals surface area contributed by atoms with Crippen LogP contribution >= 0.6 is 15.9 Å². The summed E-state index contributed by atoms with van der Waals surface area (Å²) in [6.45, 7) is 1.58. The van der Waals surface area contributed by atoms with Gasteiger partial charge < -0.3 is 9.47 Å². The maximum Gasteiger partial charge on any atom is 0.276 e. The van der Waals surface area contributed by atoms with Crippen LogP contribution in [-0.2, 0) is 16.0 Å². The number of benzene rings is 3. The zero-order chi connectivity index (χ0) is 22.1. The van der Waals surface area contributed by atoms with Crippen molar-refractivity contribution in [2.45, 2.75) is 13.3 Å². The summed E-state index contributed by atoms with van der Waals surface area (Å²) in [4.78, 5) is 24.0. The van der Waals surface area contributed by atoms with Gasteiger partial charge in [0.05, 0.1) is 4.47 Å². The van der Waals surface area contributed by atoms with Crippen LogP contribution < -0.4 is 20.3 Å². The Morgan fingerprint density at radius 2 is 1.42 bits per heavy atom. The summed E-state index contributed by atoms with van der Waals surface area (Å²) in [7, 11) is 0. The van der Waals surface area contributed by atoms with Crippen LogP contribution in [0.15, 0.2) is 77.3 Å². The van der Waals surface area contributed by atoms with E-state index in [2.05, 4.69) is 33.7 Å². The minimum absolute atomic E-state index is 0.234. The van der Waals surface area contributed by atoms with Crippen molar-refractivity contribution >= 4 is 27.7 Å². The second-order valence-corrected chi connectivity index (χ2v) is 7.51. The van der Waals surface area contributed by atoms with Crippen molar-refractivity contribution in [1.29, 1.82) is 0 Å². The number of carbonyl (C=O) groups excluding carboxylic acids is 2. The molecule has 0 aromatic heterocycles. The Bertz CT molecular complexity index is 1040. The first-order chi connectivity index (χ1) is 15.1. The molecule has 6 nitrogen and oxygen atoms in total. The molecule has 2 N–H and O–H groups in total. The molecule has 0 bridgehead atoms. The largest absolute Gasteiger partial charge is 0.483 e. The van der Waals surface area contributed by atoms with Gasteiger partial charge in [0, 0.05) is 5.56 Å². The summed E-state index contributed by atoms with van der Waals surface area (Å²) in [5, 5.41) is 0. The zero-order valence-electron chi connectivity index (χ0n) is 17.1. The highest BCUT2D eigenvalue weighted by molar-refractivity contribution is 9.10. The number of para-hydroxylation sites is 1. The van der Waals surface area contributed by atoms with Crippen molar-refractivity contribution in [3.05, 3.63) is 82.8 Å². The van der Waals surface area contributed by atoms with E-state index in [0.29, 0.717) is 11.5 Å². The number of hydrogen-bond acceptors (Lipinski definition) is 4. The summed E-state index contributed by atoms with van der Waals surface area (Å²) in [5.41, 5.74) is 7.67. The first-order valence-corrected chi connectivity index (χ1v) is 10.6. The number of nitrogens with one attached hydrogen (secondary N) is 2. The minimum atomic E-state index is -0.482. The second-order valence-electron chi connectivity index (χ2n) is 6.65. The van der Waals surface area contributed by atoms with Crippen molar-refractivity contribution in [3.63, 3.8) is 0 Å². The number of halogens is 1. The Kier molecular flexibility index (Phi) is 8.06. The molecule has 0 radical (unpaired) electrons. The average molecular weight is 483 g/mol. The smallest absolute Gasteiger partial charge is 0.276 e. The van der Waals surface area contributed by atoms with Gasteiger partial charge in [-0.1, -0.05) is 61.5 Å². The second kappa shape index (κ2) is 11.2. The molecule has 0 unspecified atom stereocenters. The SMILES string of the molecule is CCc1ccc(OCC(=O)NNC(=O)COc2ccccc2-c2ccccc2)c(Br)c1. The maximum atomic E-state index is 12.1. The predicted molar refractivity (Wildman–Crippen MR) is 123 cm³/mol. The van der Waals surface area contributed by atoms with Gasteiger partial charge in [0.1, 0.15) is 11.5 Å². The number of aryl methyl sites for hydroxylation is 1. The topological polar surface area (TPSA) is 76.7 Å². The van der Waals surface area contributed by atoms with E-state index < -0.39 is 11.8 Å². The quantitative estimate of drug-likeness (QED) is 0.469. The maximum absolute atomic E-state index is 12.1. The van der Waals surface area contributed by atoms with Crippen LogP contribution in [0.1, 0.15) is 12.5 Å². The Balaban J connectivity index is 1.45. The van der Waals surface area contributed by atoms with Crippen molar-refractivity contribution in [3.8, 4) is 22.6 Å². The molecule has 0 heterocycles. The first-order valence-electron chi connectivity index (χ1n) is 9.83. The van der Waals surface area contributed by atoms with E-state index in [-0.39, 0.29) is 13.2 Å². The van der Waals surface area contributed by atoms with Gasteiger partial charge in [-0.05, 0) is 51.7 Å². The summed E-state index contributed by atoms with van der Waals surface area (Å²) < 4.78 is 11.9. The molecule has 3 aromatic rings. The lowest BCUT2D eigenvalue weighted by Crippen LogP contribution is -2.45. The molecule has 31 heavy (non-hydrogen) atoms. The van der Waals surface area contributed by atoms with E-state index >= 15 is 0 Å². The minimum Gasteiger partial charge on any atom is -0.483 e. The fraction of sp³-hybridized carbons (Fsp3) is 0.167. The van der Waals surface area contributed by atoms with Crippen LogP contribution in [0.25, 0.3) is 11.1 Å². The predicted octanol–water partition coefficient (Wildman–Crippen LogP) is 4.28. The summed E-state index contributed by atoms with van der Waals surface area (Å²) >= 11 is 3.42. The lowest BCUT2D eigenvalue weighted by atomic mass is 10.1. The number of hydrazine groups is 1. The molecule has 0 spiro atoms. The third-order valence-electron chi connectivity index (χ3n) is 4.44. The number of hydrogen-bond donors (Lipinski definition) is 2. The Hall–Kier alpha value is -3.32. The average Bonchev–Trinajstić information content (AvgIpc) is 2.81. The third kappa shape index (κ3) is 6.58. The zero-order valence-corrected chi connectivity index (χ0v) is 18.6. The van der Waals surface area contributed by atoms with Crippen LogP contribution in [0, 0.1) is 0 Å². The monoisotopic (exact) mass is 482 g/mol. The Morgan fingerprint density at radius 3 is 2.06 bits per heavy atom. The first kappa shape index (κ1) is 22.4. The molecular weight excluding hydrogens is 460 g/mol. The van der Waals surface area contributed by atoms with Gasteiger partial charge in [-0.3, -0.25) is 20.4 Å². The van der Waals surface area contributed by atoms with Gasteiger partial charge in [0.25, 0.3) is 11.8 Å². The summed E-state index contributed by atoms with van der Waals surface area (Å²) in [5.74, 6) is 0.174. The number of amides is 2. The summed E-state index contributed by atoms with van der Waals surface area (Å²) in [6.07, 6.45) is 0.906. The highest BCUT2D eigenvalue weighted by Crippen LogP contribution is 2.29. The van der Waals surface area contributed by atoms with Crippen molar-refractivity contribution in [1.82, 2.24) is 10.9 Å². The standard InChI is InChI=1S/C24H23BrN2O4/c1-2-17-12-13-22(20(25)14-17)31-16-24(29)27-26-23(28)15-30-21-11-7-6-10-19(21)18-8-4-3-5-9-18/h3-14H,2,15-16H2,1H3,(H,26,28)(H,27,29). The van der Waals surface area contributed by atoms with Crippen LogP contribution in [0.2, 0.25) is 0 Å². The fourth-order valence-corrected chi connectivity index (χ4v) is 3.37. The fourth-order valence-electron chi connectivity index (χ4n) is 2.83. The lowest BCUT2D eigenvalue weighted by Gasteiger charge is -2.13. The molecule has 0 saturated carbocycles. The van der Waals surface area contributed by atoms with E-state index in [9.17, 15) is 9.59 Å². The molecule has 160 valence electrons. The van der Waals surface area contributed by atoms with E-state index in [1.807, 2.05) is 60.7 Å². The molecule has 0 atom stereocenters. The molecule has 0 aliphatic heterocycles. The molecule has 0 fully saturated rings. The van der Waals surface area contributed by atoms with Crippen LogP contribution in [0.4, 0.5) is 0 Å². The van der Waals surface area contributed by atoms with Gasteiger partial charge in [-0.15, -0.1) is 0 Å². The molecule has 3 aromatic carbocycles. The van der Waals surface area contributed by atoms with Crippen LogP contribution in [-0.4, -0.2) is 25.0 Å². The van der Waals surface area contributed by atoms with Gasteiger partial charge in [-0.2, -0.15) is 0 Å². The Morgan fingerprint density at radius 1 is 0.806 bits per heavy atom. The summed E-state index contributed by atoms with van der Waals surface area (Å²) in [6, 6.07) is 22.9. The number of carbonyl (C=O) groups is 2. The van der Waals surface area contributed by atoms with E-state index in [4.69, 9.17) is 9.47 Å². The van der Waals surface area contributed by atoms with Gasteiger partial charge in [-0.25, -0.2) is 0 Å². The van der Waals surface area contributed by atoms with E-state index in [0.717, 1.165) is 27.6 Å². The third-order valence-corrected chi connectivity index (χ3v) is 5.05. The highest BCUT2D eigenvalue weighted by atomic mass is 79.9. The van der Waals surface area contributed by atoms with Crippen molar-refractivity contribution in [2.24, 2.45) is 0 Å². The molecule has 0 aliphatic rings. The van der Waals surface area contributed by atoms with Gasteiger partial charge >= 0.3 is 0 Å². The molecular formula is C24H23BrN2O4. The van der Waals surface area contributed by atoms with Crippen LogP contribution in [0.5, 0.6) is 11.5 Å². The Labute approximate surface area is 189 Å². The molecule has 0 aliphatic carbocycles. The van der Waals surface area contributed by atoms with Gasteiger partial charge in [0.15, 0.2) is 13.2 Å². The number of rotatable bonds is 8. The normalized spacial score (nSPS) is 10.3. The molecule has 2 amide bonds. The van der Waals surface area contributed by atoms with Crippen molar-refractivity contribution < 1.29 is 19.1 Å². The van der Waals surface area contributed by atoms with Gasteiger partial charge in [0.2, 0.25) is 0 Å². The molecule has 7 heteroatoms. The number of ether oxygens (including phenoxy) is 2. The molecule has 0 saturated heterocycles. The lowest BCUT2D eigenvalue weighted by molar-refractivity contribution is -0.131.